The van der Waals surface area contributed by atoms with E-state index in [1.807, 2.05) is 24.3 Å². The van der Waals surface area contributed by atoms with Gasteiger partial charge in [-0.05, 0) is 12.1 Å². The van der Waals surface area contributed by atoms with Crippen LogP contribution in [0.3, 0.4) is 0 Å². The number of ether oxygens (including phenoxy) is 1. The first-order valence-corrected chi connectivity index (χ1v) is 3.65. The topological polar surface area (TPSA) is 9.23 Å². The third-order valence-electron chi connectivity index (χ3n) is 1.33. The number of hydrogen-bond donors (Lipinski definition) is 0. The number of benzene rings is 1. The summed E-state index contributed by atoms with van der Waals surface area (Å²) in [6.45, 7) is 0. The van der Waals surface area contributed by atoms with Gasteiger partial charge in [0.1, 0.15) is 5.75 Å². The molecule has 0 fully saturated rings. The van der Waals surface area contributed by atoms with Crippen LogP contribution >= 0.6 is 0 Å². The van der Waals surface area contributed by atoms with Crippen molar-refractivity contribution >= 4 is 12.6 Å². The van der Waals surface area contributed by atoms with Crippen LogP contribution in [0.4, 0.5) is 0 Å². The Morgan fingerprint density at radius 2 is 1.82 bits per heavy atom. The smallest absolute Gasteiger partial charge is 0.788 e. The molecule has 0 radical (unpaired) electrons. The predicted molar refractivity (Wildman–Crippen MR) is 44.1 cm³/mol. The Morgan fingerprint density at radius 1 is 1.27 bits per heavy atom. The van der Waals surface area contributed by atoms with E-state index in [4.69, 9.17) is 17.4 Å². The van der Waals surface area contributed by atoms with Gasteiger partial charge in [0.05, 0.1) is 7.11 Å². The van der Waals surface area contributed by atoms with Crippen LogP contribution in [0.5, 0.6) is 5.75 Å². The first-order valence-electron chi connectivity index (χ1n) is 3.08. The van der Waals surface area contributed by atoms with Gasteiger partial charge in [0.15, 0.2) is 0 Å². The van der Waals surface area contributed by atoms with Crippen molar-refractivity contribution in [2.24, 2.45) is 0 Å². The molecule has 0 saturated heterocycles. The van der Waals surface area contributed by atoms with Gasteiger partial charge in [0, 0.05) is 0 Å². The summed E-state index contributed by atoms with van der Waals surface area (Å²) in [5.74, 6) is 1.55. The van der Waals surface area contributed by atoms with Crippen LogP contribution < -0.4 is 34.3 Å². The molecular formula is C8H9NaOS. The molecule has 0 aliphatic carbocycles. The largest absolute Gasteiger partial charge is 1.00 e. The van der Waals surface area contributed by atoms with E-state index in [9.17, 15) is 0 Å². The van der Waals surface area contributed by atoms with E-state index in [0.717, 1.165) is 11.3 Å². The second kappa shape index (κ2) is 5.95. The van der Waals surface area contributed by atoms with Crippen LogP contribution in [0, 0.1) is 0 Å². The molecule has 0 saturated carbocycles. The van der Waals surface area contributed by atoms with Crippen molar-refractivity contribution in [3.63, 3.8) is 0 Å². The average molecular weight is 176 g/mol. The molecule has 0 unspecified atom stereocenters. The minimum absolute atomic E-state index is 0. The Balaban J connectivity index is 0.000001000. The van der Waals surface area contributed by atoms with Crippen molar-refractivity contribution in [1.82, 2.24) is 0 Å². The maximum atomic E-state index is 4.98. The Labute approximate surface area is 94.8 Å². The van der Waals surface area contributed by atoms with Crippen LogP contribution in [0.2, 0.25) is 0 Å². The van der Waals surface area contributed by atoms with Crippen molar-refractivity contribution in [2.75, 3.05) is 7.11 Å². The zero-order valence-electron chi connectivity index (χ0n) is 6.83. The molecule has 54 valence electrons. The normalized spacial score (nSPS) is 8.55. The molecule has 0 amide bonds. The van der Waals surface area contributed by atoms with E-state index in [0.29, 0.717) is 5.75 Å². The summed E-state index contributed by atoms with van der Waals surface area (Å²) in [4.78, 5) is 0. The minimum atomic E-state index is 0. The second-order valence-electron chi connectivity index (χ2n) is 1.99. The Morgan fingerprint density at radius 3 is 2.18 bits per heavy atom. The molecule has 0 aromatic heterocycles. The monoisotopic (exact) mass is 176 g/mol. The number of rotatable bonds is 2. The van der Waals surface area contributed by atoms with Crippen molar-refractivity contribution in [2.45, 2.75) is 5.75 Å². The Kier molecular flexibility index (Phi) is 6.15. The molecule has 0 aliphatic heterocycles. The fourth-order valence-corrected chi connectivity index (χ4v) is 0.914. The zero-order chi connectivity index (χ0) is 7.40. The van der Waals surface area contributed by atoms with E-state index in [-0.39, 0.29) is 29.6 Å². The first-order chi connectivity index (χ1) is 4.86. The molecule has 0 bridgehead atoms. The summed E-state index contributed by atoms with van der Waals surface area (Å²) in [6, 6.07) is 7.79. The van der Waals surface area contributed by atoms with Gasteiger partial charge < -0.3 is 17.4 Å². The van der Waals surface area contributed by atoms with Gasteiger partial charge in [0.25, 0.3) is 0 Å². The molecule has 0 N–H and O–H groups in total. The third-order valence-corrected chi connectivity index (χ3v) is 1.66. The van der Waals surface area contributed by atoms with E-state index in [1.54, 1.807) is 7.11 Å². The van der Waals surface area contributed by atoms with Crippen LogP contribution in [-0.2, 0) is 18.4 Å². The quantitative estimate of drug-likeness (QED) is 0.411. The van der Waals surface area contributed by atoms with Gasteiger partial charge in [0.2, 0.25) is 0 Å². The van der Waals surface area contributed by atoms with Crippen LogP contribution in [-0.4, -0.2) is 7.11 Å². The minimum Gasteiger partial charge on any atom is -0.788 e. The fraction of sp³-hybridized carbons (Fsp3) is 0.250. The summed E-state index contributed by atoms with van der Waals surface area (Å²) in [5.41, 5.74) is 1.16. The van der Waals surface area contributed by atoms with E-state index >= 15 is 0 Å². The van der Waals surface area contributed by atoms with Gasteiger partial charge in [-0.15, -0.1) is 0 Å². The van der Waals surface area contributed by atoms with Gasteiger partial charge in [-0.1, -0.05) is 17.7 Å². The second-order valence-corrected chi connectivity index (χ2v) is 2.28. The Hall–Kier alpha value is 0.370. The van der Waals surface area contributed by atoms with Gasteiger partial charge >= 0.3 is 29.6 Å². The summed E-state index contributed by atoms with van der Waals surface area (Å²) in [6.07, 6.45) is 0. The standard InChI is InChI=1S/C8H10OS.Na/c1-9-8-4-2-7(6-10)3-5-8;/h2-5,10H,6H2,1H3;/q;+1/p-1. The molecule has 0 heterocycles. The van der Waals surface area contributed by atoms with Crippen LogP contribution in [0.15, 0.2) is 24.3 Å². The molecule has 11 heavy (non-hydrogen) atoms. The van der Waals surface area contributed by atoms with Crippen LogP contribution in [0.25, 0.3) is 0 Å². The molecule has 1 nitrogen and oxygen atoms in total. The number of hydrogen-bond acceptors (Lipinski definition) is 2. The summed E-state index contributed by atoms with van der Waals surface area (Å²) >= 11 is 4.86. The van der Waals surface area contributed by atoms with Gasteiger partial charge in [-0.3, -0.25) is 0 Å². The van der Waals surface area contributed by atoms with Crippen molar-refractivity contribution in [1.29, 1.82) is 0 Å². The first kappa shape index (κ1) is 11.4. The molecule has 1 rings (SSSR count). The molecule has 3 heteroatoms. The third kappa shape index (κ3) is 3.52. The average Bonchev–Trinajstić information content (AvgIpc) is 2.05. The summed E-state index contributed by atoms with van der Waals surface area (Å²) in [5, 5.41) is 0. The maximum absolute atomic E-state index is 4.98. The fourth-order valence-electron chi connectivity index (χ4n) is 0.722. The Bertz CT molecular complexity index is 175. The summed E-state index contributed by atoms with van der Waals surface area (Å²) < 4.78 is 4.98. The van der Waals surface area contributed by atoms with E-state index < -0.39 is 0 Å². The van der Waals surface area contributed by atoms with Crippen molar-refractivity contribution in [3.8, 4) is 5.75 Å². The zero-order valence-corrected chi connectivity index (χ0v) is 9.65. The molecular weight excluding hydrogens is 167 g/mol. The maximum Gasteiger partial charge on any atom is 1.00 e. The molecule has 1 aromatic carbocycles. The van der Waals surface area contributed by atoms with Gasteiger partial charge in [-0.2, -0.15) is 5.75 Å². The molecule has 0 atom stereocenters. The summed E-state index contributed by atoms with van der Waals surface area (Å²) in [7, 11) is 1.66. The SMILES string of the molecule is COc1ccc(C[S-])cc1.[Na+]. The van der Waals surface area contributed by atoms with Crippen molar-refractivity contribution in [3.05, 3.63) is 29.8 Å². The molecule has 0 spiro atoms. The van der Waals surface area contributed by atoms with Crippen molar-refractivity contribution < 1.29 is 34.3 Å². The van der Waals surface area contributed by atoms with E-state index in [1.165, 1.54) is 0 Å². The van der Waals surface area contributed by atoms with E-state index in [2.05, 4.69) is 0 Å². The number of methoxy groups -OCH3 is 1. The predicted octanol–water partition coefficient (Wildman–Crippen LogP) is -1.25. The van der Waals surface area contributed by atoms with Crippen LogP contribution in [0.1, 0.15) is 5.56 Å². The molecule has 0 aliphatic rings. The molecule has 1 aromatic rings. The van der Waals surface area contributed by atoms with Gasteiger partial charge in [-0.25, -0.2) is 0 Å².